The Hall–Kier alpha value is -2.00. The molecule has 1 radical (unpaired) electrons. The lowest BCUT2D eigenvalue weighted by atomic mass is 10.1. The summed E-state index contributed by atoms with van der Waals surface area (Å²) in [5.41, 5.74) is 1.41. The van der Waals surface area contributed by atoms with E-state index in [-0.39, 0.29) is 15.4 Å². The minimum absolute atomic E-state index is 0.114. The third-order valence-corrected chi connectivity index (χ3v) is 8.30. The van der Waals surface area contributed by atoms with Crippen LogP contribution in [0.4, 0.5) is 10.1 Å². The Balaban J connectivity index is 1.64. The lowest BCUT2D eigenvalue weighted by Crippen LogP contribution is -2.29. The van der Waals surface area contributed by atoms with E-state index in [2.05, 4.69) is 21.4 Å². The first-order valence-electron chi connectivity index (χ1n) is 9.54. The molecule has 0 amide bonds. The summed E-state index contributed by atoms with van der Waals surface area (Å²) in [6, 6.07) is 12.1. The average Bonchev–Trinajstić information content (AvgIpc) is 3.45. The number of aromatic nitrogens is 1. The molecule has 1 fully saturated rings. The minimum Gasteiger partial charge on any atom is -0.376 e. The minimum atomic E-state index is -4.08. The second kappa shape index (κ2) is 9.01. The molecule has 1 aliphatic rings. The highest BCUT2D eigenvalue weighted by atomic mass is 35.5. The lowest BCUT2D eigenvalue weighted by Gasteiger charge is -2.26. The van der Waals surface area contributed by atoms with Crippen molar-refractivity contribution in [3.8, 4) is 0 Å². The molecular formula is C21H20ClFN3O2S2. The summed E-state index contributed by atoms with van der Waals surface area (Å²) in [5.74, 6) is -0.870. The molecule has 157 valence electrons. The van der Waals surface area contributed by atoms with E-state index in [9.17, 15) is 12.8 Å². The smallest absolute Gasteiger partial charge is 0.236 e. The summed E-state index contributed by atoms with van der Waals surface area (Å²) < 4.78 is 40.0. The molecule has 30 heavy (non-hydrogen) atoms. The molecule has 5 nitrogen and oxygen atoms in total. The van der Waals surface area contributed by atoms with Crippen LogP contribution in [0, 0.1) is 12.0 Å². The number of anilines is 1. The van der Waals surface area contributed by atoms with Gasteiger partial charge in [0.25, 0.3) is 0 Å². The van der Waals surface area contributed by atoms with Crippen molar-refractivity contribution in [2.24, 2.45) is 0 Å². The van der Waals surface area contributed by atoms with Crippen LogP contribution < -0.4 is 5.32 Å². The van der Waals surface area contributed by atoms with Crippen LogP contribution in [0.25, 0.3) is 0 Å². The normalized spacial score (nSPS) is 15.9. The van der Waals surface area contributed by atoms with Gasteiger partial charge in [-0.15, -0.1) is 11.3 Å². The van der Waals surface area contributed by atoms with E-state index in [1.54, 1.807) is 0 Å². The molecule has 1 aromatic heterocycles. The second-order valence-electron chi connectivity index (χ2n) is 7.12. The quantitative estimate of drug-likeness (QED) is 0.543. The monoisotopic (exact) mass is 464 g/mol. The summed E-state index contributed by atoms with van der Waals surface area (Å²) in [6.07, 6.45) is 4.78. The van der Waals surface area contributed by atoms with E-state index in [0.29, 0.717) is 5.69 Å². The van der Waals surface area contributed by atoms with Gasteiger partial charge >= 0.3 is 0 Å². The third-order valence-electron chi connectivity index (χ3n) is 5.08. The zero-order valence-electron chi connectivity index (χ0n) is 16.0. The van der Waals surface area contributed by atoms with E-state index >= 15 is 0 Å². The number of hydrogen-bond donors (Lipinski definition) is 1. The van der Waals surface area contributed by atoms with E-state index < -0.39 is 20.5 Å². The van der Waals surface area contributed by atoms with Crippen LogP contribution >= 0.6 is 22.9 Å². The first-order valence-corrected chi connectivity index (χ1v) is 12.3. The lowest BCUT2D eigenvalue weighted by molar-refractivity contribution is 0.323. The van der Waals surface area contributed by atoms with Gasteiger partial charge in [0.15, 0.2) is 0 Å². The molecule has 1 atom stereocenters. The zero-order chi connectivity index (χ0) is 21.1. The van der Waals surface area contributed by atoms with E-state index in [1.165, 1.54) is 5.38 Å². The largest absolute Gasteiger partial charge is 0.376 e. The van der Waals surface area contributed by atoms with Gasteiger partial charge < -0.3 is 10.2 Å². The Morgan fingerprint density at radius 1 is 1.23 bits per heavy atom. The molecule has 0 aliphatic carbocycles. The number of thiazole rings is 1. The molecule has 2 heterocycles. The number of sulfone groups is 1. The second-order valence-corrected chi connectivity index (χ2v) is 10.5. The van der Waals surface area contributed by atoms with E-state index in [0.717, 1.165) is 61.5 Å². The van der Waals surface area contributed by atoms with Crippen molar-refractivity contribution in [3.05, 3.63) is 70.4 Å². The summed E-state index contributed by atoms with van der Waals surface area (Å²) in [7, 11) is -4.08. The standard InChI is InChI=1S/C21H20ClFN3O2S2/c22-16-12-20(30(27,28)21-24-8-11-29-21)17(23)13-18(16)25-19(14-26-9-4-5-10-26)15-6-2-1-3-7-15/h1-3,6-7,11-13,19,25H,4-5,9-10,14H2/t19-/m1/s1. The topological polar surface area (TPSA) is 62.3 Å². The number of benzene rings is 2. The van der Waals surface area contributed by atoms with Crippen molar-refractivity contribution in [1.82, 2.24) is 9.88 Å². The van der Waals surface area contributed by atoms with Crippen LogP contribution in [-0.4, -0.2) is 37.9 Å². The van der Waals surface area contributed by atoms with Crippen LogP contribution in [-0.2, 0) is 9.84 Å². The molecule has 0 saturated carbocycles. The fraction of sp³-hybridized carbons (Fsp3) is 0.286. The maximum atomic E-state index is 14.9. The van der Waals surface area contributed by atoms with Crippen molar-refractivity contribution in [2.75, 3.05) is 25.0 Å². The highest BCUT2D eigenvalue weighted by Crippen LogP contribution is 2.34. The Kier molecular flexibility index (Phi) is 6.38. The summed E-state index contributed by atoms with van der Waals surface area (Å²) in [6.45, 7) is 2.79. The molecule has 2 aromatic carbocycles. The van der Waals surface area contributed by atoms with Crippen molar-refractivity contribution >= 4 is 38.5 Å². The number of halogens is 2. The summed E-state index contributed by atoms with van der Waals surface area (Å²) in [4.78, 5) is 5.54. The van der Waals surface area contributed by atoms with E-state index in [1.807, 2.05) is 30.3 Å². The Labute approximate surface area is 184 Å². The van der Waals surface area contributed by atoms with Gasteiger partial charge in [0.2, 0.25) is 14.2 Å². The Morgan fingerprint density at radius 2 is 1.97 bits per heavy atom. The molecule has 1 N–H and O–H groups in total. The van der Waals surface area contributed by atoms with Gasteiger partial charge in [-0.1, -0.05) is 41.9 Å². The molecule has 0 spiro atoms. The molecule has 9 heteroatoms. The number of nitrogens with one attached hydrogen (secondary N) is 1. The average molecular weight is 465 g/mol. The van der Waals surface area contributed by atoms with Gasteiger partial charge in [0.05, 0.1) is 16.8 Å². The van der Waals surface area contributed by atoms with Crippen molar-refractivity contribution in [3.63, 3.8) is 0 Å². The van der Waals surface area contributed by atoms with Gasteiger partial charge in [0.1, 0.15) is 16.9 Å². The van der Waals surface area contributed by atoms with Crippen LogP contribution in [0.5, 0.6) is 0 Å². The summed E-state index contributed by atoms with van der Waals surface area (Å²) >= 11 is 7.27. The molecule has 0 unspecified atom stereocenters. The van der Waals surface area contributed by atoms with Crippen molar-refractivity contribution in [2.45, 2.75) is 28.1 Å². The number of hydrogen-bond acceptors (Lipinski definition) is 6. The van der Waals surface area contributed by atoms with Crippen LogP contribution in [0.1, 0.15) is 24.4 Å². The first-order chi connectivity index (χ1) is 14.4. The molecule has 3 aromatic rings. The fourth-order valence-corrected chi connectivity index (χ4v) is 6.04. The van der Waals surface area contributed by atoms with Crippen LogP contribution in [0.2, 0.25) is 5.02 Å². The third kappa shape index (κ3) is 4.51. The van der Waals surface area contributed by atoms with Gasteiger partial charge in [-0.05, 0) is 43.6 Å². The van der Waals surface area contributed by atoms with Gasteiger partial charge in [-0.25, -0.2) is 17.8 Å². The van der Waals surface area contributed by atoms with Gasteiger partial charge in [0, 0.05) is 11.9 Å². The molecular weight excluding hydrogens is 445 g/mol. The van der Waals surface area contributed by atoms with Gasteiger partial charge in [-0.3, -0.25) is 0 Å². The van der Waals surface area contributed by atoms with E-state index in [4.69, 9.17) is 11.6 Å². The van der Waals surface area contributed by atoms with Crippen molar-refractivity contribution in [1.29, 1.82) is 0 Å². The van der Waals surface area contributed by atoms with Crippen molar-refractivity contribution < 1.29 is 12.8 Å². The predicted molar refractivity (Wildman–Crippen MR) is 116 cm³/mol. The number of likely N-dealkylation sites (tertiary alicyclic amines) is 1. The SMILES string of the molecule is O=S(=O)(c1n[c]cs1)c1cc(Cl)c(N[C@H](CN2CCCC2)c2ccccc2)cc1F. The molecule has 4 rings (SSSR count). The first kappa shape index (κ1) is 21.2. The highest BCUT2D eigenvalue weighted by molar-refractivity contribution is 7.93. The maximum absolute atomic E-state index is 14.9. The van der Waals surface area contributed by atoms with Gasteiger partial charge in [-0.2, -0.15) is 0 Å². The summed E-state index contributed by atoms with van der Waals surface area (Å²) in [5, 5.41) is 4.86. The molecule has 1 saturated heterocycles. The maximum Gasteiger partial charge on any atom is 0.236 e. The predicted octanol–water partition coefficient (Wildman–Crippen LogP) is 4.82. The highest BCUT2D eigenvalue weighted by Gasteiger charge is 2.27. The van der Waals surface area contributed by atoms with Crippen LogP contribution in [0.15, 0.2) is 57.1 Å². The van der Waals surface area contributed by atoms with Crippen LogP contribution in [0.3, 0.4) is 0 Å². The molecule has 1 aliphatic heterocycles. The Bertz CT molecular complexity index is 1100. The zero-order valence-corrected chi connectivity index (χ0v) is 18.4. The fourth-order valence-electron chi connectivity index (χ4n) is 3.58. The Morgan fingerprint density at radius 3 is 2.63 bits per heavy atom. The number of nitrogens with zero attached hydrogens (tertiary/aromatic N) is 2. The number of rotatable bonds is 7. The molecule has 0 bridgehead atoms.